The van der Waals surface area contributed by atoms with Crippen LogP contribution in [0.15, 0.2) is 122 Å². The molecule has 0 N–H and O–H groups in total. The predicted octanol–water partition coefficient (Wildman–Crippen LogP) is 7.02. The summed E-state index contributed by atoms with van der Waals surface area (Å²) in [6, 6.07) is 30.0. The summed E-state index contributed by atoms with van der Waals surface area (Å²) in [5, 5.41) is 0. The Balaban J connectivity index is 1.54. The van der Waals surface area contributed by atoms with Crippen molar-refractivity contribution in [2.24, 2.45) is 11.8 Å². The second-order valence-electron chi connectivity index (χ2n) is 8.31. The van der Waals surface area contributed by atoms with Gasteiger partial charge in [0.15, 0.2) is 0 Å². The van der Waals surface area contributed by atoms with E-state index in [9.17, 15) is 0 Å². The highest BCUT2D eigenvalue weighted by atomic mass is 14.6. The maximum Gasteiger partial charge on any atom is 0.0273 e. The minimum atomic E-state index is 0.404. The fourth-order valence-electron chi connectivity index (χ4n) is 4.91. The standard InChI is InChI=1S/C30H26N2/c1-3-7-23(8-4-1)11-13-28-27(14-12-24-15-19-31-20-16-24)29(25-9-5-2-6-10-25)30(28)26-17-21-32-22-18-26/h1-22,27-30H/b13-11+,14-12+/t27-,28+,29+,30-/m1/s1. The predicted molar refractivity (Wildman–Crippen MR) is 132 cm³/mol. The Morgan fingerprint density at radius 3 is 1.47 bits per heavy atom. The van der Waals surface area contributed by atoms with Gasteiger partial charge in [0.1, 0.15) is 0 Å². The van der Waals surface area contributed by atoms with Crippen LogP contribution in [0, 0.1) is 11.8 Å². The lowest BCUT2D eigenvalue weighted by molar-refractivity contribution is 0.177. The molecule has 32 heavy (non-hydrogen) atoms. The zero-order valence-corrected chi connectivity index (χ0v) is 17.9. The number of pyridine rings is 2. The maximum absolute atomic E-state index is 4.26. The van der Waals surface area contributed by atoms with Gasteiger partial charge in [-0.25, -0.2) is 0 Å². The Kier molecular flexibility index (Phi) is 6.02. The molecule has 156 valence electrons. The topological polar surface area (TPSA) is 25.8 Å². The number of allylic oxidation sites excluding steroid dienone is 2. The average molecular weight is 415 g/mol. The second-order valence-corrected chi connectivity index (χ2v) is 8.31. The monoisotopic (exact) mass is 414 g/mol. The summed E-state index contributed by atoms with van der Waals surface area (Å²) in [5.41, 5.74) is 5.17. The van der Waals surface area contributed by atoms with Crippen LogP contribution in [0.2, 0.25) is 0 Å². The van der Waals surface area contributed by atoms with Crippen molar-refractivity contribution < 1.29 is 0 Å². The Morgan fingerprint density at radius 2 is 0.906 bits per heavy atom. The molecule has 0 amide bonds. The van der Waals surface area contributed by atoms with Crippen molar-refractivity contribution in [3.05, 3.63) is 144 Å². The number of benzene rings is 2. The summed E-state index contributed by atoms with van der Waals surface area (Å²) in [6.45, 7) is 0. The van der Waals surface area contributed by atoms with Crippen LogP contribution in [0.1, 0.15) is 34.1 Å². The maximum atomic E-state index is 4.26. The van der Waals surface area contributed by atoms with Crippen LogP contribution in [0.3, 0.4) is 0 Å². The Hall–Kier alpha value is -3.78. The summed E-state index contributed by atoms with van der Waals surface area (Å²) in [4.78, 5) is 8.41. The molecule has 5 rings (SSSR count). The van der Waals surface area contributed by atoms with E-state index in [-0.39, 0.29) is 0 Å². The largest absolute Gasteiger partial charge is 0.265 e. The molecule has 0 bridgehead atoms. The number of rotatable bonds is 6. The summed E-state index contributed by atoms with van der Waals surface area (Å²) in [7, 11) is 0. The van der Waals surface area contributed by atoms with Gasteiger partial charge < -0.3 is 0 Å². The third-order valence-corrected chi connectivity index (χ3v) is 6.46. The number of nitrogens with zero attached hydrogens (tertiary/aromatic N) is 2. The summed E-state index contributed by atoms with van der Waals surface area (Å²) in [6.07, 6.45) is 16.8. The summed E-state index contributed by atoms with van der Waals surface area (Å²) in [5.74, 6) is 1.64. The first kappa shape index (κ1) is 20.1. The van der Waals surface area contributed by atoms with Crippen molar-refractivity contribution in [3.8, 4) is 0 Å². The molecule has 4 aromatic rings. The molecule has 1 fully saturated rings. The molecule has 0 radical (unpaired) electrons. The van der Waals surface area contributed by atoms with Crippen LogP contribution < -0.4 is 0 Å². The van der Waals surface area contributed by atoms with Crippen LogP contribution in [-0.2, 0) is 0 Å². The van der Waals surface area contributed by atoms with Gasteiger partial charge in [-0.05, 0) is 70.2 Å². The van der Waals surface area contributed by atoms with Crippen LogP contribution in [0.5, 0.6) is 0 Å². The van der Waals surface area contributed by atoms with Crippen LogP contribution in [0.25, 0.3) is 12.2 Å². The highest BCUT2D eigenvalue weighted by Gasteiger charge is 2.48. The smallest absolute Gasteiger partial charge is 0.0273 e. The zero-order chi connectivity index (χ0) is 21.6. The van der Waals surface area contributed by atoms with E-state index in [1.807, 2.05) is 24.8 Å². The van der Waals surface area contributed by atoms with Gasteiger partial charge in [0.05, 0.1) is 0 Å². The molecule has 1 aliphatic carbocycles. The van der Waals surface area contributed by atoms with E-state index >= 15 is 0 Å². The molecule has 2 nitrogen and oxygen atoms in total. The summed E-state index contributed by atoms with van der Waals surface area (Å²) >= 11 is 0. The second kappa shape index (κ2) is 9.57. The first-order valence-corrected chi connectivity index (χ1v) is 11.2. The summed E-state index contributed by atoms with van der Waals surface area (Å²) < 4.78 is 0. The van der Waals surface area contributed by atoms with Gasteiger partial charge in [-0.15, -0.1) is 0 Å². The van der Waals surface area contributed by atoms with Crippen LogP contribution >= 0.6 is 0 Å². The van der Waals surface area contributed by atoms with Crippen molar-refractivity contribution in [1.82, 2.24) is 9.97 Å². The van der Waals surface area contributed by atoms with E-state index in [4.69, 9.17) is 0 Å². The molecule has 2 heteroatoms. The fraction of sp³-hybridized carbons (Fsp3) is 0.133. The van der Waals surface area contributed by atoms with E-state index in [1.165, 1.54) is 22.3 Å². The van der Waals surface area contributed by atoms with Gasteiger partial charge >= 0.3 is 0 Å². The molecule has 0 aliphatic heterocycles. The van der Waals surface area contributed by atoms with Gasteiger partial charge in [-0.1, -0.05) is 85.0 Å². The first-order chi connectivity index (χ1) is 15.9. The molecular weight excluding hydrogens is 388 g/mol. The van der Waals surface area contributed by atoms with E-state index in [1.54, 1.807) is 0 Å². The van der Waals surface area contributed by atoms with Gasteiger partial charge in [0.25, 0.3) is 0 Å². The van der Waals surface area contributed by atoms with Gasteiger partial charge in [0.2, 0.25) is 0 Å². The van der Waals surface area contributed by atoms with Crippen LogP contribution in [-0.4, -0.2) is 9.97 Å². The Bertz CT molecular complexity index is 1070. The molecule has 2 aromatic carbocycles. The molecule has 2 heterocycles. The van der Waals surface area contributed by atoms with Crippen molar-refractivity contribution in [1.29, 1.82) is 0 Å². The lowest BCUT2D eigenvalue weighted by atomic mass is 9.52. The SMILES string of the molecule is C(=C\[C@H]1[C@@H](/C=C/c2ccncc2)[C@H](c2ccccc2)[C@@H]1c1ccncc1)/c1ccccc1. The molecule has 4 atom stereocenters. The highest BCUT2D eigenvalue weighted by Crippen LogP contribution is 2.59. The van der Waals surface area contributed by atoms with E-state index < -0.39 is 0 Å². The third kappa shape index (κ3) is 4.31. The van der Waals surface area contributed by atoms with Crippen molar-refractivity contribution in [2.75, 3.05) is 0 Å². The number of aromatic nitrogens is 2. The molecule has 0 spiro atoms. The first-order valence-electron chi connectivity index (χ1n) is 11.2. The quantitative estimate of drug-likeness (QED) is 0.339. The van der Waals surface area contributed by atoms with E-state index in [2.05, 4.69) is 119 Å². The minimum absolute atomic E-state index is 0.404. The fourth-order valence-corrected chi connectivity index (χ4v) is 4.91. The van der Waals surface area contributed by atoms with Crippen molar-refractivity contribution in [2.45, 2.75) is 11.8 Å². The lowest BCUT2D eigenvalue weighted by Crippen LogP contribution is -2.41. The zero-order valence-electron chi connectivity index (χ0n) is 17.9. The number of hydrogen-bond donors (Lipinski definition) is 0. The van der Waals surface area contributed by atoms with Gasteiger partial charge in [-0.3, -0.25) is 9.97 Å². The lowest BCUT2D eigenvalue weighted by Gasteiger charge is -2.51. The Morgan fingerprint density at radius 1 is 0.469 bits per heavy atom. The van der Waals surface area contributed by atoms with Crippen molar-refractivity contribution in [3.63, 3.8) is 0 Å². The van der Waals surface area contributed by atoms with E-state index in [0.717, 1.165) is 0 Å². The minimum Gasteiger partial charge on any atom is -0.265 e. The third-order valence-electron chi connectivity index (χ3n) is 6.46. The number of hydrogen-bond acceptors (Lipinski definition) is 2. The normalized spacial score (nSPS) is 22.8. The van der Waals surface area contributed by atoms with Gasteiger partial charge in [-0.2, -0.15) is 0 Å². The molecular formula is C30H26N2. The molecule has 0 unspecified atom stereocenters. The molecule has 2 aromatic heterocycles. The van der Waals surface area contributed by atoms with Crippen LogP contribution in [0.4, 0.5) is 0 Å². The average Bonchev–Trinajstić information content (AvgIpc) is 2.86. The highest BCUT2D eigenvalue weighted by molar-refractivity contribution is 5.54. The molecule has 0 saturated heterocycles. The molecule has 1 aliphatic rings. The van der Waals surface area contributed by atoms with Gasteiger partial charge in [0, 0.05) is 24.8 Å². The van der Waals surface area contributed by atoms with Crippen molar-refractivity contribution >= 4 is 12.2 Å². The van der Waals surface area contributed by atoms with E-state index in [0.29, 0.717) is 23.7 Å². The molecule has 1 saturated carbocycles. The Labute approximate surface area is 190 Å².